The van der Waals surface area contributed by atoms with Gasteiger partial charge in [-0.25, -0.2) is 8.42 Å². The second kappa shape index (κ2) is 8.78. The molecule has 8 heteroatoms. The number of rotatable bonds is 6. The first-order valence-electron chi connectivity index (χ1n) is 10.7. The Morgan fingerprint density at radius 3 is 2.81 bits per heavy atom. The summed E-state index contributed by atoms with van der Waals surface area (Å²) in [5, 5.41) is 2.92. The Balaban J connectivity index is 1.35. The van der Waals surface area contributed by atoms with E-state index in [1.165, 1.54) is 15.6 Å². The van der Waals surface area contributed by atoms with Crippen molar-refractivity contribution in [2.45, 2.75) is 32.3 Å². The lowest BCUT2D eigenvalue weighted by atomic mass is 10.0. The molecule has 31 heavy (non-hydrogen) atoms. The van der Waals surface area contributed by atoms with Crippen molar-refractivity contribution in [2.24, 2.45) is 0 Å². The highest BCUT2D eigenvalue weighted by Crippen LogP contribution is 2.35. The van der Waals surface area contributed by atoms with Gasteiger partial charge in [-0.2, -0.15) is 0 Å². The van der Waals surface area contributed by atoms with Crippen LogP contribution in [0.25, 0.3) is 0 Å². The first-order chi connectivity index (χ1) is 14.8. The van der Waals surface area contributed by atoms with E-state index in [1.54, 1.807) is 12.1 Å². The van der Waals surface area contributed by atoms with Gasteiger partial charge in [-0.15, -0.1) is 0 Å². The largest absolute Gasteiger partial charge is 0.476 e. The van der Waals surface area contributed by atoms with E-state index in [2.05, 4.69) is 34.5 Å². The molecule has 7 nitrogen and oxygen atoms in total. The zero-order chi connectivity index (χ0) is 22.0. The Kier molecular flexibility index (Phi) is 6.09. The average Bonchev–Trinajstić information content (AvgIpc) is 2.75. The highest BCUT2D eigenvalue weighted by molar-refractivity contribution is 7.92. The molecule has 2 aromatic carbocycles. The van der Waals surface area contributed by atoms with Crippen molar-refractivity contribution in [1.82, 2.24) is 5.32 Å². The summed E-state index contributed by atoms with van der Waals surface area (Å²) in [4.78, 5) is 15.1. The molecule has 1 amide bonds. The van der Waals surface area contributed by atoms with Crippen molar-refractivity contribution in [3.8, 4) is 5.75 Å². The zero-order valence-corrected chi connectivity index (χ0v) is 18.8. The third-order valence-electron chi connectivity index (χ3n) is 5.79. The molecule has 0 spiro atoms. The van der Waals surface area contributed by atoms with Crippen LogP contribution in [-0.2, 0) is 21.2 Å². The van der Waals surface area contributed by atoms with E-state index < -0.39 is 16.1 Å². The first kappa shape index (κ1) is 21.5. The smallest absolute Gasteiger partial charge is 0.263 e. The number of para-hydroxylation sites is 1. The molecule has 0 aromatic heterocycles. The zero-order valence-electron chi connectivity index (χ0n) is 18.0. The van der Waals surface area contributed by atoms with Crippen LogP contribution in [0.5, 0.6) is 5.75 Å². The fraction of sp³-hybridized carbons (Fsp3) is 0.435. The second-order valence-electron chi connectivity index (χ2n) is 8.24. The molecule has 2 aromatic rings. The summed E-state index contributed by atoms with van der Waals surface area (Å²) < 4.78 is 31.7. The molecular formula is C23H29N3O4S. The number of sulfonamides is 1. The Morgan fingerprint density at radius 2 is 2.00 bits per heavy atom. The maximum atomic E-state index is 12.7. The summed E-state index contributed by atoms with van der Waals surface area (Å²) in [6.45, 7) is 4.26. The van der Waals surface area contributed by atoms with Crippen molar-refractivity contribution < 1.29 is 17.9 Å². The molecule has 0 saturated carbocycles. The van der Waals surface area contributed by atoms with Crippen LogP contribution in [0, 0.1) is 6.92 Å². The number of nitrogens with zero attached hydrogens (tertiary/aromatic N) is 2. The lowest BCUT2D eigenvalue weighted by Crippen LogP contribution is -2.50. The first-order valence-corrected chi connectivity index (χ1v) is 12.5. The maximum absolute atomic E-state index is 12.7. The summed E-state index contributed by atoms with van der Waals surface area (Å²) >= 11 is 0. The average molecular weight is 444 g/mol. The van der Waals surface area contributed by atoms with E-state index in [4.69, 9.17) is 4.74 Å². The number of aryl methyl sites for hydroxylation is 2. The predicted molar refractivity (Wildman–Crippen MR) is 122 cm³/mol. The molecule has 0 fully saturated rings. The fourth-order valence-corrected chi connectivity index (χ4v) is 5.16. The van der Waals surface area contributed by atoms with Crippen LogP contribution in [0.4, 0.5) is 11.4 Å². The summed E-state index contributed by atoms with van der Waals surface area (Å²) in [7, 11) is -3.52. The van der Waals surface area contributed by atoms with Crippen LogP contribution in [0.2, 0.25) is 0 Å². The summed E-state index contributed by atoms with van der Waals surface area (Å²) in [6, 6.07) is 13.8. The standard InChI is InChI=1S/C23H29N3O4S/c1-17-10-11-21-20(15-17)26(31(2,28)29)16-22(30-21)23(27)24-12-6-14-25-13-5-8-18-7-3-4-9-19(18)25/h3-4,7,9-11,15,22H,5-6,8,12-14,16H2,1-2H3,(H,24,27)/t22-/m1/s1. The number of amides is 1. The quantitative estimate of drug-likeness (QED) is 0.694. The molecule has 2 aliphatic heterocycles. The molecule has 2 aliphatic rings. The van der Waals surface area contributed by atoms with Gasteiger partial charge in [0.2, 0.25) is 10.0 Å². The molecule has 0 saturated heterocycles. The van der Waals surface area contributed by atoms with Crippen molar-refractivity contribution in [3.63, 3.8) is 0 Å². The Labute approximate surface area is 184 Å². The van der Waals surface area contributed by atoms with Crippen LogP contribution in [0.15, 0.2) is 42.5 Å². The molecule has 1 atom stereocenters. The molecule has 1 N–H and O–H groups in total. The molecule has 0 unspecified atom stereocenters. The highest BCUT2D eigenvalue weighted by Gasteiger charge is 2.35. The fourth-order valence-electron chi connectivity index (χ4n) is 4.25. The van der Waals surface area contributed by atoms with Gasteiger partial charge in [0, 0.05) is 25.3 Å². The number of ether oxygens (including phenoxy) is 1. The number of anilines is 2. The predicted octanol–water partition coefficient (Wildman–Crippen LogP) is 2.48. The number of hydrogen-bond donors (Lipinski definition) is 1. The van der Waals surface area contributed by atoms with Gasteiger partial charge in [0.05, 0.1) is 18.5 Å². The van der Waals surface area contributed by atoms with Gasteiger partial charge in [0.25, 0.3) is 5.91 Å². The normalized spacial score (nSPS) is 18.1. The molecular weight excluding hydrogens is 414 g/mol. The molecule has 0 radical (unpaired) electrons. The summed E-state index contributed by atoms with van der Waals surface area (Å²) in [5.41, 5.74) is 4.07. The summed E-state index contributed by atoms with van der Waals surface area (Å²) in [6.07, 6.45) is 3.33. The monoisotopic (exact) mass is 443 g/mol. The topological polar surface area (TPSA) is 79.0 Å². The minimum atomic E-state index is -3.52. The summed E-state index contributed by atoms with van der Waals surface area (Å²) in [5.74, 6) is 0.117. The molecule has 0 aliphatic carbocycles. The third-order valence-corrected chi connectivity index (χ3v) is 6.93. The minimum absolute atomic E-state index is 0.0272. The van der Waals surface area contributed by atoms with Gasteiger partial charge in [-0.05, 0) is 55.5 Å². The number of carbonyl (C=O) groups is 1. The molecule has 166 valence electrons. The van der Waals surface area contributed by atoms with Gasteiger partial charge in [-0.1, -0.05) is 24.3 Å². The van der Waals surface area contributed by atoms with Crippen LogP contribution in [0.1, 0.15) is 24.0 Å². The molecule has 0 bridgehead atoms. The number of hydrogen-bond acceptors (Lipinski definition) is 5. The second-order valence-corrected chi connectivity index (χ2v) is 10.1. The van der Waals surface area contributed by atoms with Crippen LogP contribution in [0.3, 0.4) is 0 Å². The number of benzene rings is 2. The van der Waals surface area contributed by atoms with E-state index in [-0.39, 0.29) is 12.5 Å². The van der Waals surface area contributed by atoms with Crippen LogP contribution < -0.4 is 19.3 Å². The van der Waals surface area contributed by atoms with Gasteiger partial charge in [0.15, 0.2) is 6.10 Å². The van der Waals surface area contributed by atoms with Gasteiger partial charge >= 0.3 is 0 Å². The number of nitrogens with one attached hydrogen (secondary N) is 1. The SMILES string of the molecule is Cc1ccc2c(c1)N(S(C)(=O)=O)C[C@H](C(=O)NCCCN1CCCc3ccccc31)O2. The Hall–Kier alpha value is -2.74. The van der Waals surface area contributed by atoms with Gasteiger partial charge < -0.3 is 15.0 Å². The minimum Gasteiger partial charge on any atom is -0.476 e. The highest BCUT2D eigenvalue weighted by atomic mass is 32.2. The van der Waals surface area contributed by atoms with Crippen LogP contribution in [-0.4, -0.2) is 52.9 Å². The molecule has 2 heterocycles. The third kappa shape index (κ3) is 4.79. The lowest BCUT2D eigenvalue weighted by molar-refractivity contribution is -0.127. The van der Waals surface area contributed by atoms with Crippen molar-refractivity contribution in [2.75, 3.05) is 41.6 Å². The Morgan fingerprint density at radius 1 is 1.19 bits per heavy atom. The number of carbonyl (C=O) groups excluding carboxylic acids is 1. The van der Waals surface area contributed by atoms with Crippen LogP contribution >= 0.6 is 0 Å². The number of fused-ring (bicyclic) bond motifs is 2. The van der Waals surface area contributed by atoms with Crippen molar-refractivity contribution in [1.29, 1.82) is 0 Å². The maximum Gasteiger partial charge on any atom is 0.263 e. The van der Waals surface area contributed by atoms with E-state index in [1.807, 2.05) is 13.0 Å². The van der Waals surface area contributed by atoms with Gasteiger partial charge in [-0.3, -0.25) is 9.10 Å². The van der Waals surface area contributed by atoms with Crippen molar-refractivity contribution >= 4 is 27.3 Å². The van der Waals surface area contributed by atoms with Gasteiger partial charge in [0.1, 0.15) is 5.75 Å². The van der Waals surface area contributed by atoms with E-state index >= 15 is 0 Å². The Bertz CT molecular complexity index is 1070. The molecule has 4 rings (SSSR count). The van der Waals surface area contributed by atoms with E-state index in [9.17, 15) is 13.2 Å². The lowest BCUT2D eigenvalue weighted by Gasteiger charge is -2.34. The van der Waals surface area contributed by atoms with E-state index in [0.717, 1.165) is 44.2 Å². The van der Waals surface area contributed by atoms with Crippen molar-refractivity contribution in [3.05, 3.63) is 53.6 Å². The van der Waals surface area contributed by atoms with E-state index in [0.29, 0.717) is 18.0 Å².